The fourth-order valence-electron chi connectivity index (χ4n) is 3.73. The first kappa shape index (κ1) is 21.8. The van der Waals surface area contributed by atoms with Gasteiger partial charge < -0.3 is 14.8 Å². The van der Waals surface area contributed by atoms with Crippen molar-refractivity contribution in [2.24, 2.45) is 0 Å². The van der Waals surface area contributed by atoms with Gasteiger partial charge in [0.15, 0.2) is 5.13 Å². The van der Waals surface area contributed by atoms with Crippen LogP contribution in [-0.4, -0.2) is 52.9 Å². The standard InChI is InChI=1S/C23H25N5O3S/c1-15-5-6-16(2)19(12-15)27-8-10-28(11-9-27)20(29)13-17-14-32-23(25-17)26-22(31)18-4-3-7-24-21(18)30/h3-7,12,14H,8-11,13H2,1-2H3,(H,24,30)(H,25,26,31). The van der Waals surface area contributed by atoms with Gasteiger partial charge in [-0.05, 0) is 43.2 Å². The molecule has 3 aromatic rings. The summed E-state index contributed by atoms with van der Waals surface area (Å²) < 4.78 is 0. The Bertz CT molecular complexity index is 1190. The molecule has 1 aliphatic heterocycles. The molecule has 1 aromatic carbocycles. The van der Waals surface area contributed by atoms with Gasteiger partial charge in [-0.25, -0.2) is 4.98 Å². The summed E-state index contributed by atoms with van der Waals surface area (Å²) in [6.45, 7) is 7.11. The topological polar surface area (TPSA) is 98.4 Å². The van der Waals surface area contributed by atoms with E-state index in [1.165, 1.54) is 40.4 Å². The van der Waals surface area contributed by atoms with Gasteiger partial charge in [0.25, 0.3) is 11.5 Å². The largest absolute Gasteiger partial charge is 0.368 e. The number of thiazole rings is 1. The molecule has 0 saturated carbocycles. The zero-order valence-electron chi connectivity index (χ0n) is 18.1. The number of H-pyrrole nitrogens is 1. The minimum atomic E-state index is -0.526. The lowest BCUT2D eigenvalue weighted by molar-refractivity contribution is -0.130. The number of pyridine rings is 1. The molecular formula is C23H25N5O3S. The smallest absolute Gasteiger partial charge is 0.263 e. The summed E-state index contributed by atoms with van der Waals surface area (Å²) in [7, 11) is 0. The van der Waals surface area contributed by atoms with Gasteiger partial charge >= 0.3 is 0 Å². The number of carbonyl (C=O) groups is 2. The van der Waals surface area contributed by atoms with Gasteiger partial charge in [-0.1, -0.05) is 12.1 Å². The number of aryl methyl sites for hydroxylation is 2. The molecule has 0 unspecified atom stereocenters. The Labute approximate surface area is 189 Å². The highest BCUT2D eigenvalue weighted by atomic mass is 32.1. The van der Waals surface area contributed by atoms with Crippen molar-refractivity contribution in [1.29, 1.82) is 0 Å². The van der Waals surface area contributed by atoms with Crippen LogP contribution in [0.15, 0.2) is 46.7 Å². The van der Waals surface area contributed by atoms with Crippen LogP contribution in [-0.2, 0) is 11.2 Å². The monoisotopic (exact) mass is 451 g/mol. The molecule has 0 radical (unpaired) electrons. The van der Waals surface area contributed by atoms with E-state index in [-0.39, 0.29) is 17.9 Å². The highest BCUT2D eigenvalue weighted by Crippen LogP contribution is 2.23. The van der Waals surface area contributed by atoms with Gasteiger partial charge in [-0.15, -0.1) is 11.3 Å². The second kappa shape index (κ2) is 9.35. The number of amides is 2. The lowest BCUT2D eigenvalue weighted by Crippen LogP contribution is -2.49. The van der Waals surface area contributed by atoms with E-state index < -0.39 is 11.5 Å². The average molecular weight is 452 g/mol. The number of carbonyl (C=O) groups excluding carboxylic acids is 2. The first-order valence-electron chi connectivity index (χ1n) is 10.4. The molecule has 1 aliphatic rings. The van der Waals surface area contributed by atoms with Crippen LogP contribution in [0.2, 0.25) is 0 Å². The summed E-state index contributed by atoms with van der Waals surface area (Å²) in [6.07, 6.45) is 1.65. The van der Waals surface area contributed by atoms with Gasteiger partial charge in [-0.3, -0.25) is 19.7 Å². The second-order valence-electron chi connectivity index (χ2n) is 7.85. The first-order valence-corrected chi connectivity index (χ1v) is 11.3. The Hall–Kier alpha value is -3.46. The Morgan fingerprint density at radius 1 is 1.16 bits per heavy atom. The molecule has 0 spiro atoms. The number of benzene rings is 1. The number of hydrogen-bond acceptors (Lipinski definition) is 6. The number of piperazine rings is 1. The van der Waals surface area contributed by atoms with Crippen molar-refractivity contribution in [3.05, 3.63) is 74.6 Å². The molecule has 166 valence electrons. The van der Waals surface area contributed by atoms with Crippen molar-refractivity contribution in [2.75, 3.05) is 36.4 Å². The van der Waals surface area contributed by atoms with Crippen LogP contribution in [0.1, 0.15) is 27.2 Å². The van der Waals surface area contributed by atoms with E-state index in [2.05, 4.69) is 52.2 Å². The molecule has 2 amide bonds. The summed E-state index contributed by atoms with van der Waals surface area (Å²) >= 11 is 1.23. The third-order valence-corrected chi connectivity index (χ3v) is 6.31. The van der Waals surface area contributed by atoms with Crippen LogP contribution < -0.4 is 15.8 Å². The summed E-state index contributed by atoms with van der Waals surface area (Å²) in [4.78, 5) is 47.8. The lowest BCUT2D eigenvalue weighted by Gasteiger charge is -2.37. The first-order chi connectivity index (χ1) is 15.4. The van der Waals surface area contributed by atoms with Crippen LogP contribution >= 0.6 is 11.3 Å². The molecule has 0 bridgehead atoms. The Balaban J connectivity index is 1.32. The summed E-state index contributed by atoms with van der Waals surface area (Å²) in [5.41, 5.74) is 3.86. The maximum absolute atomic E-state index is 12.8. The molecule has 8 nitrogen and oxygen atoms in total. The molecule has 4 rings (SSSR count). The van der Waals surface area contributed by atoms with Gasteiger partial charge in [0, 0.05) is 43.4 Å². The van der Waals surface area contributed by atoms with Gasteiger partial charge in [-0.2, -0.15) is 0 Å². The number of hydrogen-bond donors (Lipinski definition) is 2. The quantitative estimate of drug-likeness (QED) is 0.621. The maximum atomic E-state index is 12.8. The molecule has 2 N–H and O–H groups in total. The highest BCUT2D eigenvalue weighted by molar-refractivity contribution is 7.14. The van der Waals surface area contributed by atoms with E-state index in [0.717, 1.165) is 13.1 Å². The second-order valence-corrected chi connectivity index (χ2v) is 8.70. The van der Waals surface area contributed by atoms with E-state index >= 15 is 0 Å². The number of anilines is 2. The van der Waals surface area contributed by atoms with Crippen LogP contribution in [0.25, 0.3) is 0 Å². The SMILES string of the molecule is Cc1ccc(C)c(N2CCN(C(=O)Cc3csc(NC(=O)c4ccc[nH]c4=O)n3)CC2)c1. The molecular weight excluding hydrogens is 426 g/mol. The predicted molar refractivity (Wildman–Crippen MR) is 126 cm³/mol. The molecule has 1 fully saturated rings. The number of nitrogens with zero attached hydrogens (tertiary/aromatic N) is 3. The van der Waals surface area contributed by atoms with E-state index in [1.54, 1.807) is 11.4 Å². The molecule has 2 aromatic heterocycles. The van der Waals surface area contributed by atoms with E-state index in [9.17, 15) is 14.4 Å². The summed E-state index contributed by atoms with van der Waals surface area (Å²) in [5.74, 6) is -0.505. The fourth-order valence-corrected chi connectivity index (χ4v) is 4.44. The maximum Gasteiger partial charge on any atom is 0.263 e. The third kappa shape index (κ3) is 4.88. The predicted octanol–water partition coefficient (Wildman–Crippen LogP) is 2.59. The van der Waals surface area contributed by atoms with Crippen LogP contribution in [0.4, 0.5) is 10.8 Å². The number of aromatic nitrogens is 2. The summed E-state index contributed by atoms with van der Waals surface area (Å²) in [5, 5.41) is 4.74. The van der Waals surface area contributed by atoms with E-state index in [0.29, 0.717) is 23.9 Å². The third-order valence-electron chi connectivity index (χ3n) is 5.51. The number of aromatic amines is 1. The van der Waals surface area contributed by atoms with Crippen molar-refractivity contribution < 1.29 is 9.59 Å². The highest BCUT2D eigenvalue weighted by Gasteiger charge is 2.23. The van der Waals surface area contributed by atoms with Crippen LogP contribution in [0.5, 0.6) is 0 Å². The Morgan fingerprint density at radius 2 is 1.94 bits per heavy atom. The minimum absolute atomic E-state index is 0.0158. The Kier molecular flexibility index (Phi) is 6.36. The average Bonchev–Trinajstić information content (AvgIpc) is 3.22. The molecule has 1 saturated heterocycles. The van der Waals surface area contributed by atoms with Crippen molar-refractivity contribution >= 4 is 34.0 Å². The molecule has 9 heteroatoms. The zero-order valence-corrected chi connectivity index (χ0v) is 18.9. The minimum Gasteiger partial charge on any atom is -0.368 e. The lowest BCUT2D eigenvalue weighted by atomic mass is 10.1. The summed E-state index contributed by atoms with van der Waals surface area (Å²) in [6, 6.07) is 9.48. The molecule has 3 heterocycles. The molecule has 32 heavy (non-hydrogen) atoms. The zero-order chi connectivity index (χ0) is 22.7. The van der Waals surface area contributed by atoms with Gasteiger partial charge in [0.2, 0.25) is 5.91 Å². The molecule has 0 aliphatic carbocycles. The van der Waals surface area contributed by atoms with Gasteiger partial charge in [0.1, 0.15) is 5.56 Å². The fraction of sp³-hybridized carbons (Fsp3) is 0.304. The van der Waals surface area contributed by atoms with Gasteiger partial charge in [0.05, 0.1) is 12.1 Å². The van der Waals surface area contributed by atoms with Crippen molar-refractivity contribution in [3.63, 3.8) is 0 Å². The van der Waals surface area contributed by atoms with Crippen molar-refractivity contribution in [1.82, 2.24) is 14.9 Å². The normalized spacial score (nSPS) is 13.8. The van der Waals surface area contributed by atoms with Crippen molar-refractivity contribution in [2.45, 2.75) is 20.3 Å². The number of nitrogens with one attached hydrogen (secondary N) is 2. The molecule has 0 atom stereocenters. The van der Waals surface area contributed by atoms with Crippen molar-refractivity contribution in [3.8, 4) is 0 Å². The Morgan fingerprint density at radius 3 is 2.69 bits per heavy atom. The van der Waals surface area contributed by atoms with E-state index in [1.807, 2.05) is 4.90 Å². The van der Waals surface area contributed by atoms with Crippen LogP contribution in [0, 0.1) is 13.8 Å². The van der Waals surface area contributed by atoms with Crippen LogP contribution in [0.3, 0.4) is 0 Å². The van der Waals surface area contributed by atoms with E-state index in [4.69, 9.17) is 0 Å². The number of rotatable bonds is 5.